The Morgan fingerprint density at radius 1 is 1.05 bits per heavy atom. The summed E-state index contributed by atoms with van der Waals surface area (Å²) < 4.78 is 26.3. The molecular formula is C27H23N3O5S3. The van der Waals surface area contributed by atoms with Gasteiger partial charge in [0.2, 0.25) is 9.84 Å². The van der Waals surface area contributed by atoms with E-state index >= 15 is 0 Å². The van der Waals surface area contributed by atoms with E-state index in [9.17, 15) is 18.0 Å². The van der Waals surface area contributed by atoms with Crippen LogP contribution in [0.2, 0.25) is 0 Å². The molecule has 3 aromatic carbocycles. The molecule has 0 bridgehead atoms. The molecule has 38 heavy (non-hydrogen) atoms. The van der Waals surface area contributed by atoms with E-state index in [4.69, 9.17) is 5.11 Å². The first-order valence-electron chi connectivity index (χ1n) is 11.7. The number of anilines is 1. The number of hydrogen-bond acceptors (Lipinski definition) is 8. The molecule has 0 aliphatic carbocycles. The predicted molar refractivity (Wildman–Crippen MR) is 147 cm³/mol. The van der Waals surface area contributed by atoms with Gasteiger partial charge in [0.15, 0.2) is 0 Å². The van der Waals surface area contributed by atoms with Crippen LogP contribution in [0.3, 0.4) is 0 Å². The van der Waals surface area contributed by atoms with Gasteiger partial charge < -0.3 is 15.7 Å². The zero-order valence-corrected chi connectivity index (χ0v) is 22.5. The number of hydrogen-bond donors (Lipinski definition) is 3. The van der Waals surface area contributed by atoms with E-state index in [-0.39, 0.29) is 39.8 Å². The van der Waals surface area contributed by atoms with Crippen molar-refractivity contribution < 1.29 is 23.1 Å². The number of carbonyl (C=O) groups is 2. The van der Waals surface area contributed by atoms with E-state index in [1.807, 2.05) is 24.3 Å². The largest absolute Gasteiger partial charge is 0.396 e. The highest BCUT2D eigenvalue weighted by molar-refractivity contribution is 7.99. The van der Waals surface area contributed by atoms with Gasteiger partial charge in [-0.3, -0.25) is 9.59 Å². The Morgan fingerprint density at radius 3 is 2.63 bits per heavy atom. The highest BCUT2D eigenvalue weighted by Gasteiger charge is 2.31. The van der Waals surface area contributed by atoms with E-state index in [1.165, 1.54) is 41.7 Å². The fraction of sp³-hybridized carbons (Fsp3) is 0.148. The Labute approximate surface area is 228 Å². The summed E-state index contributed by atoms with van der Waals surface area (Å²) >= 11 is 3.16. The third-order valence-corrected chi connectivity index (χ3v) is 9.86. The number of nitrogens with one attached hydrogen (secondary N) is 2. The maximum Gasteiger partial charge on any atom is 0.257 e. The summed E-state index contributed by atoms with van der Waals surface area (Å²) in [5, 5.41) is 15.2. The highest BCUT2D eigenvalue weighted by atomic mass is 32.2. The van der Waals surface area contributed by atoms with Crippen LogP contribution in [0, 0.1) is 0 Å². The van der Waals surface area contributed by atoms with Crippen LogP contribution in [0.25, 0.3) is 10.6 Å². The predicted octanol–water partition coefficient (Wildman–Crippen LogP) is 4.61. The maximum absolute atomic E-state index is 13.1. The van der Waals surface area contributed by atoms with E-state index < -0.39 is 21.7 Å². The standard InChI is InChI=1S/C27H23N3O5S3/c31-12-3-13-36-19-9-6-17(7-10-19)27-29-16-20(37-27)15-28-25(32)18-8-11-24-22(14-18)30-26(33)21-4-1-2-5-23(21)38(24,34)35/h1-2,4-11,14,16,31H,3,12-13,15H2,(H,28,32)(H,30,33). The Balaban J connectivity index is 1.27. The molecule has 0 unspecified atom stereocenters. The molecule has 0 saturated carbocycles. The molecule has 2 amide bonds. The summed E-state index contributed by atoms with van der Waals surface area (Å²) in [6.07, 6.45) is 2.46. The summed E-state index contributed by atoms with van der Waals surface area (Å²) in [5.74, 6) is -0.0911. The molecule has 0 saturated heterocycles. The number of aliphatic hydroxyl groups is 1. The molecule has 2 heterocycles. The third-order valence-electron chi connectivity index (χ3n) is 5.85. The van der Waals surface area contributed by atoms with Gasteiger partial charge in [0.25, 0.3) is 11.8 Å². The summed E-state index contributed by atoms with van der Waals surface area (Å²) in [6.45, 7) is 0.433. The zero-order valence-electron chi connectivity index (χ0n) is 20.0. The van der Waals surface area contributed by atoms with Crippen molar-refractivity contribution >= 4 is 50.4 Å². The quantitative estimate of drug-likeness (QED) is 0.210. The fourth-order valence-corrected chi connectivity index (χ4v) is 7.23. The van der Waals surface area contributed by atoms with Gasteiger partial charge in [0, 0.05) is 39.5 Å². The van der Waals surface area contributed by atoms with Crippen LogP contribution in [0.1, 0.15) is 32.0 Å². The number of aliphatic hydroxyl groups excluding tert-OH is 1. The lowest BCUT2D eigenvalue weighted by Gasteiger charge is -2.10. The number of nitrogens with zero attached hydrogens (tertiary/aromatic N) is 1. The molecule has 194 valence electrons. The topological polar surface area (TPSA) is 125 Å². The van der Waals surface area contributed by atoms with Gasteiger partial charge >= 0.3 is 0 Å². The summed E-state index contributed by atoms with van der Waals surface area (Å²) in [6, 6.07) is 18.2. The fourth-order valence-electron chi connectivity index (χ4n) is 3.94. The lowest BCUT2D eigenvalue weighted by molar-refractivity contribution is 0.0949. The second-order valence-corrected chi connectivity index (χ2v) is 12.6. The van der Waals surface area contributed by atoms with E-state index in [1.54, 1.807) is 30.1 Å². The Morgan fingerprint density at radius 2 is 1.84 bits per heavy atom. The Bertz CT molecular complexity index is 1620. The number of fused-ring (bicyclic) bond motifs is 2. The summed E-state index contributed by atoms with van der Waals surface area (Å²) in [4.78, 5) is 31.8. The maximum atomic E-state index is 13.1. The number of thiazole rings is 1. The number of aromatic nitrogens is 1. The number of thioether (sulfide) groups is 1. The molecule has 1 aromatic heterocycles. The van der Waals surface area contributed by atoms with Crippen molar-refractivity contribution in [3.8, 4) is 10.6 Å². The van der Waals surface area contributed by atoms with E-state index in [2.05, 4.69) is 15.6 Å². The van der Waals surface area contributed by atoms with Gasteiger partial charge in [-0.15, -0.1) is 23.1 Å². The molecule has 0 radical (unpaired) electrons. The molecule has 8 nitrogen and oxygen atoms in total. The smallest absolute Gasteiger partial charge is 0.257 e. The summed E-state index contributed by atoms with van der Waals surface area (Å²) in [7, 11) is -3.93. The van der Waals surface area contributed by atoms with E-state index in [0.29, 0.717) is 0 Å². The molecule has 0 spiro atoms. The van der Waals surface area contributed by atoms with Gasteiger partial charge in [-0.1, -0.05) is 24.3 Å². The minimum Gasteiger partial charge on any atom is -0.396 e. The molecule has 3 N–H and O–H groups in total. The van der Waals surface area contributed by atoms with Crippen LogP contribution in [0.5, 0.6) is 0 Å². The minimum absolute atomic E-state index is 0.0581. The molecule has 0 fully saturated rings. The van der Waals surface area contributed by atoms with Crippen molar-refractivity contribution in [2.24, 2.45) is 0 Å². The van der Waals surface area contributed by atoms with Crippen LogP contribution in [-0.2, 0) is 16.4 Å². The van der Waals surface area contributed by atoms with Crippen molar-refractivity contribution in [3.63, 3.8) is 0 Å². The second-order valence-electron chi connectivity index (χ2n) is 8.43. The molecule has 11 heteroatoms. The van der Waals surface area contributed by atoms with Crippen LogP contribution in [0.15, 0.2) is 87.6 Å². The first-order chi connectivity index (χ1) is 18.4. The van der Waals surface area contributed by atoms with Gasteiger partial charge in [-0.25, -0.2) is 13.4 Å². The first kappa shape index (κ1) is 26.1. The molecule has 1 aliphatic rings. The number of carbonyl (C=O) groups excluding carboxylic acids is 2. The molecule has 4 aromatic rings. The van der Waals surface area contributed by atoms with Crippen LogP contribution < -0.4 is 10.6 Å². The van der Waals surface area contributed by atoms with Crippen molar-refractivity contribution in [3.05, 3.63) is 88.9 Å². The van der Waals surface area contributed by atoms with Crippen LogP contribution >= 0.6 is 23.1 Å². The van der Waals surface area contributed by atoms with Gasteiger partial charge in [0.1, 0.15) is 5.01 Å². The zero-order chi connectivity index (χ0) is 26.7. The molecule has 1 aliphatic heterocycles. The molecule has 0 atom stereocenters. The number of amides is 2. The minimum atomic E-state index is -3.93. The average molecular weight is 566 g/mol. The summed E-state index contributed by atoms with van der Waals surface area (Å²) in [5.41, 5.74) is 1.33. The van der Waals surface area contributed by atoms with Crippen LogP contribution in [0.4, 0.5) is 5.69 Å². The van der Waals surface area contributed by atoms with Gasteiger partial charge in [-0.05, 0) is 48.9 Å². The number of benzene rings is 3. The Hall–Kier alpha value is -3.51. The lowest BCUT2D eigenvalue weighted by atomic mass is 10.1. The van der Waals surface area contributed by atoms with Crippen LogP contribution in [-0.4, -0.2) is 42.7 Å². The lowest BCUT2D eigenvalue weighted by Crippen LogP contribution is -2.22. The average Bonchev–Trinajstić information content (AvgIpc) is 3.38. The third kappa shape index (κ3) is 5.37. The van der Waals surface area contributed by atoms with Gasteiger partial charge in [-0.2, -0.15) is 0 Å². The first-order valence-corrected chi connectivity index (χ1v) is 15.0. The van der Waals surface area contributed by atoms with Crippen molar-refractivity contribution in [1.29, 1.82) is 0 Å². The normalized spacial score (nSPS) is 13.7. The van der Waals surface area contributed by atoms with Crippen molar-refractivity contribution in [2.45, 2.75) is 27.7 Å². The van der Waals surface area contributed by atoms with Crippen molar-refractivity contribution in [1.82, 2.24) is 10.3 Å². The van der Waals surface area contributed by atoms with E-state index in [0.717, 1.165) is 32.5 Å². The van der Waals surface area contributed by atoms with Crippen molar-refractivity contribution in [2.75, 3.05) is 17.7 Å². The SMILES string of the molecule is O=C(NCc1cnc(-c2ccc(SCCCO)cc2)s1)c1ccc2c(c1)NC(=O)c1ccccc1S2(=O)=O. The number of rotatable bonds is 8. The molecular weight excluding hydrogens is 543 g/mol. The highest BCUT2D eigenvalue weighted by Crippen LogP contribution is 2.34. The number of sulfone groups is 1. The Kier molecular flexibility index (Phi) is 7.61. The second kappa shape index (κ2) is 11.1. The monoisotopic (exact) mass is 565 g/mol. The molecule has 5 rings (SSSR count). The van der Waals surface area contributed by atoms with Gasteiger partial charge in [0.05, 0.1) is 27.6 Å².